The van der Waals surface area contributed by atoms with Gasteiger partial charge in [0.05, 0.1) is 0 Å². The van der Waals surface area contributed by atoms with Crippen LogP contribution in [-0.4, -0.2) is 0 Å². The first-order chi connectivity index (χ1) is 19.6. The predicted octanol–water partition coefficient (Wildman–Crippen LogP) is 6.23. The third kappa shape index (κ3) is 6.73. The van der Waals surface area contributed by atoms with Gasteiger partial charge in [-0.1, -0.05) is 141 Å². The van der Waals surface area contributed by atoms with Crippen LogP contribution in [-0.2, 0) is 37.0 Å². The molecule has 6 rings (SSSR count). The Balaban J connectivity index is 0.00000184. The Bertz CT molecular complexity index is 1420. The van der Waals surface area contributed by atoms with Crippen molar-refractivity contribution in [1.29, 1.82) is 0 Å². The van der Waals surface area contributed by atoms with Gasteiger partial charge >= 0.3 is 26.2 Å². The Morgan fingerprint density at radius 1 is 0.756 bits per heavy atom. The van der Waals surface area contributed by atoms with Crippen LogP contribution in [0.1, 0.15) is 142 Å². The zero-order chi connectivity index (χ0) is 30.2. The predicted molar refractivity (Wildman–Crippen MR) is 182 cm³/mol. The summed E-state index contributed by atoms with van der Waals surface area (Å²) in [4.78, 5) is 0. The van der Waals surface area contributed by atoms with E-state index in [1.807, 2.05) is 5.57 Å². The molecule has 0 nitrogen and oxygen atoms in total. The Kier molecular flexibility index (Phi) is 11.6. The molecular formula is C42H56Cl2Zr. The summed E-state index contributed by atoms with van der Waals surface area (Å²) in [5.74, 6) is 1.93. The molecule has 0 amide bonds. The summed E-state index contributed by atoms with van der Waals surface area (Å²) >= 11 is 0. The average molecular weight is 723 g/mol. The first-order valence-electron chi connectivity index (χ1n) is 17.0. The molecule has 3 unspecified atom stereocenters. The molecule has 3 heteroatoms. The minimum absolute atomic E-state index is 0. The Labute approximate surface area is 307 Å². The Hall–Kier alpha value is -0.877. The topological polar surface area (TPSA) is 0 Å². The van der Waals surface area contributed by atoms with Crippen LogP contribution in [0.15, 0.2) is 71.3 Å². The van der Waals surface area contributed by atoms with Gasteiger partial charge in [-0.2, -0.15) is 0 Å². The Morgan fingerprint density at radius 3 is 1.76 bits per heavy atom. The number of halogens is 2. The Morgan fingerprint density at radius 2 is 1.31 bits per heavy atom. The molecule has 0 fully saturated rings. The zero-order valence-electron chi connectivity index (χ0n) is 29.6. The number of allylic oxidation sites excluding steroid dienone is 6. The van der Waals surface area contributed by atoms with Crippen molar-refractivity contribution in [2.75, 3.05) is 0 Å². The molecule has 242 valence electrons. The third-order valence-electron chi connectivity index (χ3n) is 11.5. The first kappa shape index (κ1) is 38.6. The van der Waals surface area contributed by atoms with Gasteiger partial charge in [-0.05, 0) is 106 Å². The van der Waals surface area contributed by atoms with Gasteiger partial charge in [-0.3, -0.25) is 0 Å². The standard InChI is InChI=1S/C42H56.2ClH.Zr/c1-11-21-42(26-36(27-15-13-12-14-16-27)35-24-30(25-37(35)42)41(8,9)10)38-31-19-17-28(39(2,3)4)22-33(31)34-23-29(40(5,6)7)18-20-32(34)38;;;/h12-13,17-20,22-23,25,27,36,38H,11,14-16,21,24,26H2,1-10H3;2*1H;/q;;;+2/p-2. The maximum atomic E-state index is 2.73. The van der Waals surface area contributed by atoms with E-state index in [1.165, 1.54) is 67.2 Å². The van der Waals surface area contributed by atoms with Crippen LogP contribution in [0.5, 0.6) is 0 Å². The molecule has 4 aliphatic carbocycles. The summed E-state index contributed by atoms with van der Waals surface area (Å²) in [6, 6.07) is 15.2. The average Bonchev–Trinajstić information content (AvgIpc) is 3.58. The van der Waals surface area contributed by atoms with E-state index < -0.39 is 0 Å². The second kappa shape index (κ2) is 13.6. The van der Waals surface area contributed by atoms with Crippen LogP contribution >= 0.6 is 0 Å². The molecule has 0 radical (unpaired) electrons. The van der Waals surface area contributed by atoms with E-state index in [1.54, 1.807) is 22.3 Å². The molecule has 0 N–H and O–H groups in total. The van der Waals surface area contributed by atoms with Crippen molar-refractivity contribution < 1.29 is 51.0 Å². The van der Waals surface area contributed by atoms with E-state index in [4.69, 9.17) is 0 Å². The zero-order valence-corrected chi connectivity index (χ0v) is 33.6. The molecule has 0 saturated heterocycles. The number of fused-ring (bicyclic) bond motifs is 3. The number of hydrogen-bond donors (Lipinski definition) is 0. The first-order valence-corrected chi connectivity index (χ1v) is 17.0. The molecule has 0 aliphatic heterocycles. The van der Waals surface area contributed by atoms with Crippen molar-refractivity contribution in [3.8, 4) is 11.1 Å². The van der Waals surface area contributed by atoms with Crippen LogP contribution in [0.2, 0.25) is 0 Å². The summed E-state index contributed by atoms with van der Waals surface area (Å²) in [5.41, 5.74) is 15.0. The maximum absolute atomic E-state index is 2.73. The summed E-state index contributed by atoms with van der Waals surface area (Å²) in [6.07, 6.45) is 16.5. The van der Waals surface area contributed by atoms with Crippen molar-refractivity contribution in [1.82, 2.24) is 0 Å². The minimum Gasteiger partial charge on any atom is -1.00 e. The van der Waals surface area contributed by atoms with E-state index in [-0.39, 0.29) is 72.7 Å². The van der Waals surface area contributed by atoms with E-state index in [0.717, 1.165) is 5.92 Å². The van der Waals surface area contributed by atoms with Gasteiger partial charge in [0.25, 0.3) is 0 Å². The fourth-order valence-electron chi connectivity index (χ4n) is 9.03. The summed E-state index contributed by atoms with van der Waals surface area (Å²) < 4.78 is 0. The smallest absolute Gasteiger partial charge is 1.00 e. The van der Waals surface area contributed by atoms with Crippen LogP contribution < -0.4 is 24.8 Å². The van der Waals surface area contributed by atoms with Crippen molar-refractivity contribution >= 4 is 0 Å². The molecule has 4 aliphatic rings. The molecule has 2 aromatic carbocycles. The van der Waals surface area contributed by atoms with Gasteiger partial charge in [0.1, 0.15) is 0 Å². The fraction of sp³-hybridized carbons (Fsp3) is 0.571. The third-order valence-corrected chi connectivity index (χ3v) is 11.5. The number of rotatable bonds is 4. The molecule has 2 aromatic rings. The quantitative estimate of drug-likeness (QED) is 0.329. The van der Waals surface area contributed by atoms with Gasteiger partial charge in [0.2, 0.25) is 0 Å². The summed E-state index contributed by atoms with van der Waals surface area (Å²) in [7, 11) is 0. The molecule has 0 heterocycles. The van der Waals surface area contributed by atoms with E-state index in [9.17, 15) is 0 Å². The van der Waals surface area contributed by atoms with Gasteiger partial charge in [0.15, 0.2) is 0 Å². The fourth-order valence-corrected chi connectivity index (χ4v) is 9.03. The second-order valence-corrected chi connectivity index (χ2v) is 17.3. The van der Waals surface area contributed by atoms with Crippen LogP contribution in [0.4, 0.5) is 0 Å². The molecule has 45 heavy (non-hydrogen) atoms. The van der Waals surface area contributed by atoms with E-state index >= 15 is 0 Å². The molecule has 0 bridgehead atoms. The molecule has 0 saturated carbocycles. The number of benzene rings is 2. The van der Waals surface area contributed by atoms with Crippen molar-refractivity contribution in [2.45, 2.75) is 131 Å². The van der Waals surface area contributed by atoms with Crippen molar-refractivity contribution in [3.63, 3.8) is 0 Å². The van der Waals surface area contributed by atoms with Crippen LogP contribution in [0, 0.1) is 22.7 Å². The van der Waals surface area contributed by atoms with Gasteiger partial charge < -0.3 is 24.8 Å². The maximum Gasteiger partial charge on any atom is 2.00 e. The molecule has 3 atom stereocenters. The van der Waals surface area contributed by atoms with Gasteiger partial charge in [-0.25, -0.2) is 0 Å². The van der Waals surface area contributed by atoms with Crippen molar-refractivity contribution in [3.05, 3.63) is 93.6 Å². The monoisotopic (exact) mass is 720 g/mol. The minimum atomic E-state index is 0. The summed E-state index contributed by atoms with van der Waals surface area (Å²) in [6.45, 7) is 23.9. The molecular weight excluding hydrogens is 667 g/mol. The molecule has 0 aromatic heterocycles. The molecule has 0 spiro atoms. The van der Waals surface area contributed by atoms with E-state index in [0.29, 0.717) is 11.8 Å². The number of hydrogen-bond acceptors (Lipinski definition) is 0. The summed E-state index contributed by atoms with van der Waals surface area (Å²) in [5, 5.41) is 0. The van der Waals surface area contributed by atoms with E-state index in [2.05, 4.69) is 124 Å². The van der Waals surface area contributed by atoms with Crippen molar-refractivity contribution in [2.24, 2.45) is 22.7 Å². The SMILES string of the molecule is CCCC1(C2c3ccc(C(C)(C)C)cc3-c3cc(C(C)(C)C)ccc32)CC(C2CC=CCC2)C2=C1C=C(C(C)(C)C)C2.[Cl-].[Cl-].[Zr+2]. The van der Waals surface area contributed by atoms with Crippen LogP contribution in [0.3, 0.4) is 0 Å². The largest absolute Gasteiger partial charge is 2.00 e. The van der Waals surface area contributed by atoms with Crippen LogP contribution in [0.25, 0.3) is 11.1 Å². The second-order valence-electron chi connectivity index (χ2n) is 17.3. The van der Waals surface area contributed by atoms with Gasteiger partial charge in [0, 0.05) is 11.3 Å². The normalized spacial score (nSPS) is 24.3. The van der Waals surface area contributed by atoms with Gasteiger partial charge in [-0.15, -0.1) is 0 Å².